The second-order valence-corrected chi connectivity index (χ2v) is 9.35. The summed E-state index contributed by atoms with van der Waals surface area (Å²) in [4.78, 5) is 40.0. The van der Waals surface area contributed by atoms with E-state index in [4.69, 9.17) is 14.2 Å². The average molecular weight is 486 g/mol. The number of methoxy groups -OCH3 is 2. The molecule has 196 valence electrons. The molecule has 0 saturated carbocycles. The van der Waals surface area contributed by atoms with Gasteiger partial charge in [0.15, 0.2) is 0 Å². The minimum Gasteiger partial charge on any atom is -0.468 e. The molecule has 34 heavy (non-hydrogen) atoms. The molecule has 3 atom stereocenters. The first-order valence-corrected chi connectivity index (χ1v) is 11.7. The molecular weight excluding hydrogens is 442 g/mol. The summed E-state index contributed by atoms with van der Waals surface area (Å²) >= 11 is 0. The number of carbonyl (C=O) groups excluding carboxylic acids is 3. The van der Waals surface area contributed by atoms with Crippen molar-refractivity contribution in [3.05, 3.63) is 12.3 Å². The minimum atomic E-state index is -0.903. The largest absolute Gasteiger partial charge is 0.468 e. The number of rotatable bonds is 12. The number of amides is 2. The van der Waals surface area contributed by atoms with Crippen LogP contribution in [0.15, 0.2) is 12.3 Å². The van der Waals surface area contributed by atoms with E-state index in [0.29, 0.717) is 38.3 Å². The summed E-state index contributed by atoms with van der Waals surface area (Å²) in [5, 5.41) is 7.32. The van der Waals surface area contributed by atoms with Crippen LogP contribution in [0.1, 0.15) is 53.9 Å². The highest BCUT2D eigenvalue weighted by Crippen LogP contribution is 2.12. The fourth-order valence-corrected chi connectivity index (χ4v) is 3.39. The Morgan fingerprint density at radius 2 is 1.94 bits per heavy atom. The van der Waals surface area contributed by atoms with E-state index in [-0.39, 0.29) is 18.6 Å². The van der Waals surface area contributed by atoms with Crippen molar-refractivity contribution in [2.75, 3.05) is 40.5 Å². The minimum absolute atomic E-state index is 0.173. The second-order valence-electron chi connectivity index (χ2n) is 9.35. The third kappa shape index (κ3) is 10.3. The van der Waals surface area contributed by atoms with Crippen LogP contribution >= 0.6 is 0 Å². The quantitative estimate of drug-likeness (QED) is 0.278. The molecule has 0 spiro atoms. The molecule has 0 radical (unpaired) electrons. The molecule has 2 amide bonds. The van der Waals surface area contributed by atoms with Crippen molar-refractivity contribution in [3.63, 3.8) is 0 Å². The average Bonchev–Trinajstić information content (AvgIpc) is 2.79. The molecule has 11 heteroatoms. The van der Waals surface area contributed by atoms with Gasteiger partial charge in [0.25, 0.3) is 5.91 Å². The Balaban J connectivity index is 3.00. The molecule has 3 N–H and O–H groups in total. The number of hydrogen-bond donors (Lipinski definition) is 3. The summed E-state index contributed by atoms with van der Waals surface area (Å²) in [5.41, 5.74) is 2.94. The molecule has 1 heterocycles. The summed E-state index contributed by atoms with van der Waals surface area (Å²) in [7, 11) is 2.92. The van der Waals surface area contributed by atoms with Crippen LogP contribution in [0.5, 0.6) is 0 Å². The zero-order chi connectivity index (χ0) is 25.9. The number of esters is 1. The van der Waals surface area contributed by atoms with E-state index in [9.17, 15) is 14.4 Å². The molecule has 0 unspecified atom stereocenters. The number of hydrogen-bond acceptors (Lipinski definition) is 9. The zero-order valence-electron chi connectivity index (χ0n) is 21.7. The molecule has 0 aromatic heterocycles. The summed E-state index contributed by atoms with van der Waals surface area (Å²) < 4.78 is 15.5. The Bertz CT molecular complexity index is 696. The third-order valence-corrected chi connectivity index (χ3v) is 5.28. The van der Waals surface area contributed by atoms with Gasteiger partial charge in [0.1, 0.15) is 17.7 Å². The number of alkyl carbamates (subject to hydrolysis) is 1. The highest BCUT2D eigenvalue weighted by atomic mass is 16.6. The van der Waals surface area contributed by atoms with Gasteiger partial charge in [-0.25, -0.2) is 10.2 Å². The first-order chi connectivity index (χ1) is 15.9. The standard InChI is InChI=1S/C23H43N5O6/c1-9-12-27(15-24-16(2)17(3)32-7)14-19(25-22(31)34-23(4,5)6)20(29)28-13-10-11-18(26-28)21(30)33-8/h17-19,24,26H,2,9-15H2,1,3-8H3,(H,25,31)/t17-,18-,19-/m0/s1. The van der Waals surface area contributed by atoms with Crippen LogP contribution in [-0.4, -0.2) is 92.2 Å². The lowest BCUT2D eigenvalue weighted by Crippen LogP contribution is -2.62. The van der Waals surface area contributed by atoms with Crippen LogP contribution in [0.3, 0.4) is 0 Å². The maximum atomic E-state index is 13.4. The summed E-state index contributed by atoms with van der Waals surface area (Å²) in [6.07, 6.45) is 1.18. The van der Waals surface area contributed by atoms with Crippen molar-refractivity contribution in [1.82, 2.24) is 26.0 Å². The van der Waals surface area contributed by atoms with Crippen molar-refractivity contribution in [3.8, 4) is 0 Å². The smallest absolute Gasteiger partial charge is 0.408 e. The molecule has 1 aliphatic heterocycles. The number of nitrogens with zero attached hydrogens (tertiary/aromatic N) is 2. The maximum Gasteiger partial charge on any atom is 0.408 e. The normalized spacial score (nSPS) is 18.1. The lowest BCUT2D eigenvalue weighted by Gasteiger charge is -2.36. The maximum absolute atomic E-state index is 13.4. The Kier molecular flexibility index (Phi) is 12.3. The van der Waals surface area contributed by atoms with Gasteiger partial charge in [0.2, 0.25) is 0 Å². The van der Waals surface area contributed by atoms with E-state index in [1.165, 1.54) is 12.1 Å². The third-order valence-electron chi connectivity index (χ3n) is 5.28. The van der Waals surface area contributed by atoms with Crippen molar-refractivity contribution in [1.29, 1.82) is 0 Å². The summed E-state index contributed by atoms with van der Waals surface area (Å²) in [5.74, 6) is -0.790. The van der Waals surface area contributed by atoms with Crippen LogP contribution in [0, 0.1) is 0 Å². The first-order valence-electron chi connectivity index (χ1n) is 11.7. The number of carbonyl (C=O) groups is 3. The predicted octanol–water partition coefficient (Wildman–Crippen LogP) is 1.36. The van der Waals surface area contributed by atoms with E-state index >= 15 is 0 Å². The highest BCUT2D eigenvalue weighted by molar-refractivity contribution is 5.86. The lowest BCUT2D eigenvalue weighted by molar-refractivity contribution is -0.150. The topological polar surface area (TPSA) is 121 Å². The van der Waals surface area contributed by atoms with Gasteiger partial charge in [-0.15, -0.1) is 0 Å². The van der Waals surface area contributed by atoms with Gasteiger partial charge in [-0.2, -0.15) is 0 Å². The zero-order valence-corrected chi connectivity index (χ0v) is 21.7. The van der Waals surface area contributed by atoms with Crippen molar-refractivity contribution >= 4 is 18.0 Å². The fraction of sp³-hybridized carbons (Fsp3) is 0.783. The van der Waals surface area contributed by atoms with Gasteiger partial charge < -0.3 is 24.8 Å². The number of nitrogens with one attached hydrogen (secondary N) is 3. The van der Waals surface area contributed by atoms with Gasteiger partial charge in [0, 0.05) is 25.9 Å². The van der Waals surface area contributed by atoms with Crippen LogP contribution < -0.4 is 16.1 Å². The first kappa shape index (κ1) is 29.7. The molecule has 1 saturated heterocycles. The highest BCUT2D eigenvalue weighted by Gasteiger charge is 2.34. The Morgan fingerprint density at radius 1 is 1.26 bits per heavy atom. The van der Waals surface area contributed by atoms with Crippen LogP contribution in [0.25, 0.3) is 0 Å². The monoisotopic (exact) mass is 485 g/mol. The van der Waals surface area contributed by atoms with Crippen LogP contribution in [-0.2, 0) is 23.8 Å². The fourth-order valence-electron chi connectivity index (χ4n) is 3.39. The molecule has 0 aromatic rings. The molecule has 1 aliphatic rings. The predicted molar refractivity (Wildman–Crippen MR) is 129 cm³/mol. The van der Waals surface area contributed by atoms with E-state index < -0.39 is 29.7 Å². The van der Waals surface area contributed by atoms with E-state index in [0.717, 1.165) is 6.42 Å². The van der Waals surface area contributed by atoms with Gasteiger partial charge in [0.05, 0.1) is 19.9 Å². The molecule has 0 bridgehead atoms. The SMILES string of the molecule is C=C(NCN(CCC)C[C@H](NC(=O)OC(C)(C)C)C(=O)N1CCC[C@@H](C(=O)OC)N1)[C@H](C)OC. The van der Waals surface area contributed by atoms with Crippen LogP contribution in [0.4, 0.5) is 4.79 Å². The molecule has 0 aliphatic carbocycles. The Morgan fingerprint density at radius 3 is 2.50 bits per heavy atom. The van der Waals surface area contributed by atoms with Crippen molar-refractivity contribution in [2.24, 2.45) is 0 Å². The molecule has 11 nitrogen and oxygen atoms in total. The van der Waals surface area contributed by atoms with Gasteiger partial charge in [-0.1, -0.05) is 13.5 Å². The molecule has 1 rings (SSSR count). The van der Waals surface area contributed by atoms with Gasteiger partial charge in [-0.05, 0) is 53.5 Å². The summed E-state index contributed by atoms with van der Waals surface area (Å²) in [6.45, 7) is 14.9. The van der Waals surface area contributed by atoms with Crippen molar-refractivity contribution in [2.45, 2.75) is 77.7 Å². The van der Waals surface area contributed by atoms with E-state index in [1.54, 1.807) is 27.9 Å². The van der Waals surface area contributed by atoms with E-state index in [1.807, 2.05) is 18.7 Å². The number of ether oxygens (including phenoxy) is 3. The lowest BCUT2D eigenvalue weighted by atomic mass is 10.1. The molecular formula is C23H43N5O6. The number of hydrazine groups is 1. The molecule has 1 fully saturated rings. The van der Waals surface area contributed by atoms with Crippen molar-refractivity contribution < 1.29 is 28.6 Å². The second kappa shape index (κ2) is 14.1. The Labute approximate surface area is 203 Å². The van der Waals surface area contributed by atoms with Gasteiger partial charge >= 0.3 is 12.1 Å². The van der Waals surface area contributed by atoms with Gasteiger partial charge in [-0.3, -0.25) is 19.5 Å². The summed E-state index contributed by atoms with van der Waals surface area (Å²) in [6, 6.07) is -1.52. The van der Waals surface area contributed by atoms with Crippen LogP contribution in [0.2, 0.25) is 0 Å². The van der Waals surface area contributed by atoms with E-state index in [2.05, 4.69) is 22.6 Å². The molecule has 0 aromatic carbocycles. The Hall–Kier alpha value is -2.37.